The fourth-order valence-electron chi connectivity index (χ4n) is 2.52. The van der Waals surface area contributed by atoms with E-state index < -0.39 is 0 Å². The third-order valence-corrected chi connectivity index (χ3v) is 3.93. The molecule has 98 valence electrons. The van der Waals surface area contributed by atoms with Gasteiger partial charge in [0.2, 0.25) is 0 Å². The van der Waals surface area contributed by atoms with Gasteiger partial charge in [0, 0.05) is 18.8 Å². The Labute approximate surface area is 117 Å². The third kappa shape index (κ3) is 2.78. The highest BCUT2D eigenvalue weighted by molar-refractivity contribution is 6.35. The van der Waals surface area contributed by atoms with Gasteiger partial charge in [-0.15, -0.1) is 0 Å². The average molecular weight is 287 g/mol. The normalized spacial score (nSPS) is 15.9. The zero-order valence-corrected chi connectivity index (χ0v) is 11.8. The van der Waals surface area contributed by atoms with E-state index in [2.05, 4.69) is 4.98 Å². The first-order valence-corrected chi connectivity index (χ1v) is 7.01. The Bertz CT molecular complexity index is 445. The van der Waals surface area contributed by atoms with Crippen molar-refractivity contribution in [3.8, 4) is 0 Å². The number of nitrogens with zero attached hydrogens (tertiary/aromatic N) is 2. The van der Waals surface area contributed by atoms with Crippen LogP contribution in [0.5, 0.6) is 0 Å². The Morgan fingerprint density at radius 1 is 1.44 bits per heavy atom. The lowest BCUT2D eigenvalue weighted by atomic mass is 10.1. The molecule has 1 fully saturated rings. The van der Waals surface area contributed by atoms with Crippen molar-refractivity contribution in [1.82, 2.24) is 9.88 Å². The van der Waals surface area contributed by atoms with Gasteiger partial charge in [0.25, 0.3) is 5.91 Å². The summed E-state index contributed by atoms with van der Waals surface area (Å²) in [5, 5.41) is 0.658. The molecule has 1 amide bonds. The number of hydrogen-bond acceptors (Lipinski definition) is 2. The van der Waals surface area contributed by atoms with Crippen LogP contribution in [0.25, 0.3) is 0 Å². The number of amides is 1. The number of carbonyl (C=O) groups excluding carboxylic acids is 1. The number of hydrogen-bond donors (Lipinski definition) is 0. The van der Waals surface area contributed by atoms with Crippen molar-refractivity contribution < 1.29 is 4.79 Å². The molecule has 0 bridgehead atoms. The zero-order valence-electron chi connectivity index (χ0n) is 10.3. The van der Waals surface area contributed by atoms with E-state index in [4.69, 9.17) is 23.2 Å². The lowest BCUT2D eigenvalue weighted by Gasteiger charge is -2.28. The molecule has 18 heavy (non-hydrogen) atoms. The summed E-state index contributed by atoms with van der Waals surface area (Å²) in [6, 6.07) is 1.88. The van der Waals surface area contributed by atoms with E-state index in [1.54, 1.807) is 6.07 Å². The van der Waals surface area contributed by atoms with Crippen molar-refractivity contribution in [2.75, 3.05) is 6.54 Å². The maximum Gasteiger partial charge on any atom is 0.255 e. The Kier molecular flexibility index (Phi) is 4.46. The molecule has 0 unspecified atom stereocenters. The minimum atomic E-state index is -0.0429. The molecule has 2 rings (SSSR count). The number of halogens is 2. The van der Waals surface area contributed by atoms with Gasteiger partial charge in [-0.1, -0.05) is 36.0 Å². The topological polar surface area (TPSA) is 33.2 Å². The molecule has 1 saturated carbocycles. The number of carbonyl (C=O) groups is 1. The standard InChI is InChI=1S/C13H16Cl2N2O/c1-2-17(9-5-3-4-6-9)13(18)10-7-12(15)16-8-11(10)14/h7-9H,2-6H2,1H3. The van der Waals surface area contributed by atoms with Gasteiger partial charge in [-0.3, -0.25) is 4.79 Å². The second kappa shape index (κ2) is 5.89. The van der Waals surface area contributed by atoms with E-state index in [1.807, 2.05) is 11.8 Å². The summed E-state index contributed by atoms with van der Waals surface area (Å²) in [5.41, 5.74) is 0.449. The number of pyridine rings is 1. The molecule has 0 N–H and O–H groups in total. The van der Waals surface area contributed by atoms with Crippen LogP contribution in [0.2, 0.25) is 10.2 Å². The molecule has 0 saturated heterocycles. The molecule has 1 heterocycles. The molecule has 1 aromatic heterocycles. The minimum absolute atomic E-state index is 0.0429. The molecule has 1 aliphatic carbocycles. The summed E-state index contributed by atoms with van der Waals surface area (Å²) in [7, 11) is 0. The summed E-state index contributed by atoms with van der Waals surface area (Å²) in [4.78, 5) is 18.3. The van der Waals surface area contributed by atoms with Crippen LogP contribution in [0, 0.1) is 0 Å². The largest absolute Gasteiger partial charge is 0.336 e. The monoisotopic (exact) mass is 286 g/mol. The van der Waals surface area contributed by atoms with Crippen LogP contribution in [0.3, 0.4) is 0 Å². The highest BCUT2D eigenvalue weighted by Gasteiger charge is 2.27. The highest BCUT2D eigenvalue weighted by atomic mass is 35.5. The summed E-state index contributed by atoms with van der Waals surface area (Å²) >= 11 is 11.9. The fraction of sp³-hybridized carbons (Fsp3) is 0.538. The lowest BCUT2D eigenvalue weighted by molar-refractivity contribution is 0.0693. The average Bonchev–Trinajstić information content (AvgIpc) is 2.87. The molecule has 1 aromatic rings. The van der Waals surface area contributed by atoms with E-state index in [1.165, 1.54) is 19.0 Å². The van der Waals surface area contributed by atoms with Crippen LogP contribution < -0.4 is 0 Å². The van der Waals surface area contributed by atoms with Gasteiger partial charge in [-0.25, -0.2) is 4.98 Å². The van der Waals surface area contributed by atoms with Crippen molar-refractivity contribution in [3.63, 3.8) is 0 Å². The smallest absolute Gasteiger partial charge is 0.255 e. The van der Waals surface area contributed by atoms with E-state index in [0.29, 0.717) is 28.3 Å². The predicted molar refractivity (Wildman–Crippen MR) is 73.2 cm³/mol. The highest BCUT2D eigenvalue weighted by Crippen LogP contribution is 2.27. The first kappa shape index (κ1) is 13.6. The van der Waals surface area contributed by atoms with Crippen LogP contribution in [0.1, 0.15) is 43.0 Å². The van der Waals surface area contributed by atoms with E-state index in [0.717, 1.165) is 12.8 Å². The second-order valence-electron chi connectivity index (χ2n) is 4.52. The van der Waals surface area contributed by atoms with Gasteiger partial charge in [-0.2, -0.15) is 0 Å². The Balaban J connectivity index is 2.25. The predicted octanol–water partition coefficient (Wildman–Crippen LogP) is 3.79. The van der Waals surface area contributed by atoms with Crippen molar-refractivity contribution >= 4 is 29.1 Å². The van der Waals surface area contributed by atoms with Gasteiger partial charge in [0.15, 0.2) is 0 Å². The molecule has 0 aliphatic heterocycles. The number of aromatic nitrogens is 1. The molecular weight excluding hydrogens is 271 g/mol. The van der Waals surface area contributed by atoms with Gasteiger partial charge in [0.05, 0.1) is 10.6 Å². The fourth-order valence-corrected chi connectivity index (χ4v) is 2.86. The molecule has 3 nitrogen and oxygen atoms in total. The van der Waals surface area contributed by atoms with E-state index in [9.17, 15) is 4.79 Å². The van der Waals surface area contributed by atoms with Crippen molar-refractivity contribution in [3.05, 3.63) is 28.0 Å². The molecule has 0 aromatic carbocycles. The summed E-state index contributed by atoms with van der Waals surface area (Å²) < 4.78 is 0. The first-order chi connectivity index (χ1) is 8.63. The summed E-state index contributed by atoms with van der Waals surface area (Å²) in [6.45, 7) is 2.69. The summed E-state index contributed by atoms with van der Waals surface area (Å²) in [6.07, 6.45) is 5.98. The quantitative estimate of drug-likeness (QED) is 0.792. The van der Waals surface area contributed by atoms with Crippen molar-refractivity contribution in [1.29, 1.82) is 0 Å². The second-order valence-corrected chi connectivity index (χ2v) is 5.31. The molecule has 1 aliphatic rings. The Morgan fingerprint density at radius 2 is 2.11 bits per heavy atom. The third-order valence-electron chi connectivity index (χ3n) is 3.42. The molecular formula is C13H16Cl2N2O. The van der Waals surface area contributed by atoms with Gasteiger partial charge in [-0.05, 0) is 25.8 Å². The number of rotatable bonds is 3. The van der Waals surface area contributed by atoms with Crippen LogP contribution in [-0.4, -0.2) is 28.4 Å². The Morgan fingerprint density at radius 3 is 2.72 bits per heavy atom. The van der Waals surface area contributed by atoms with Crippen LogP contribution in [0.4, 0.5) is 0 Å². The van der Waals surface area contributed by atoms with E-state index >= 15 is 0 Å². The van der Waals surface area contributed by atoms with Crippen LogP contribution in [0.15, 0.2) is 12.3 Å². The summed E-state index contributed by atoms with van der Waals surface area (Å²) in [5.74, 6) is -0.0429. The maximum absolute atomic E-state index is 12.5. The van der Waals surface area contributed by atoms with Crippen molar-refractivity contribution in [2.24, 2.45) is 0 Å². The molecule has 0 atom stereocenters. The Hall–Kier alpha value is -0.800. The van der Waals surface area contributed by atoms with Gasteiger partial charge < -0.3 is 4.90 Å². The van der Waals surface area contributed by atoms with Gasteiger partial charge >= 0.3 is 0 Å². The SMILES string of the molecule is CCN(C(=O)c1cc(Cl)ncc1Cl)C1CCCC1. The van der Waals surface area contributed by atoms with E-state index in [-0.39, 0.29) is 5.91 Å². The maximum atomic E-state index is 12.5. The molecule has 0 spiro atoms. The van der Waals surface area contributed by atoms with Crippen LogP contribution >= 0.6 is 23.2 Å². The molecule has 5 heteroatoms. The zero-order chi connectivity index (χ0) is 13.1. The molecule has 0 radical (unpaired) electrons. The van der Waals surface area contributed by atoms with Crippen molar-refractivity contribution in [2.45, 2.75) is 38.6 Å². The lowest BCUT2D eigenvalue weighted by Crippen LogP contribution is -2.38. The minimum Gasteiger partial charge on any atom is -0.336 e. The van der Waals surface area contributed by atoms with Crippen LogP contribution in [-0.2, 0) is 0 Å². The first-order valence-electron chi connectivity index (χ1n) is 6.25. The van der Waals surface area contributed by atoms with Gasteiger partial charge in [0.1, 0.15) is 5.15 Å².